The van der Waals surface area contributed by atoms with Crippen LogP contribution < -0.4 is 15.0 Å². The van der Waals surface area contributed by atoms with Gasteiger partial charge in [0.25, 0.3) is 0 Å². The van der Waals surface area contributed by atoms with Gasteiger partial charge in [-0.2, -0.15) is 23.7 Å². The zero-order chi connectivity index (χ0) is 25.1. The van der Waals surface area contributed by atoms with E-state index in [2.05, 4.69) is 20.3 Å². The Morgan fingerprint density at radius 2 is 1.63 bits per heavy atom. The second-order valence-electron chi connectivity index (χ2n) is 7.97. The van der Waals surface area contributed by atoms with Gasteiger partial charge in [-0.1, -0.05) is 31.2 Å². The second-order valence-corrected chi connectivity index (χ2v) is 7.97. The van der Waals surface area contributed by atoms with Crippen molar-refractivity contribution in [3.05, 3.63) is 64.5 Å². The van der Waals surface area contributed by atoms with Crippen molar-refractivity contribution in [1.82, 2.24) is 15.0 Å². The fraction of sp³-hybridized carbons (Fsp3) is 0.348. The fourth-order valence-electron chi connectivity index (χ4n) is 3.69. The number of aromatic nitrogens is 3. The van der Waals surface area contributed by atoms with E-state index in [1.54, 1.807) is 11.8 Å². The van der Waals surface area contributed by atoms with E-state index in [4.69, 9.17) is 4.74 Å². The molecule has 7 nitrogen and oxygen atoms in total. The van der Waals surface area contributed by atoms with Crippen LogP contribution in [-0.2, 0) is 13.0 Å². The molecule has 0 unspecified atom stereocenters. The molecule has 0 aliphatic carbocycles. The number of hydrogen-bond acceptors (Lipinski definition) is 7. The number of fused-ring (bicyclic) bond motifs is 1. The first kappa shape index (κ1) is 24.6. The molecule has 0 amide bonds. The Kier molecular flexibility index (Phi) is 7.29. The maximum absolute atomic E-state index is 14.2. The molecule has 0 spiro atoms. The van der Waals surface area contributed by atoms with Crippen molar-refractivity contribution in [2.24, 2.45) is 0 Å². The lowest BCUT2D eigenvalue weighted by atomic mass is 10.0. The van der Waals surface area contributed by atoms with Crippen molar-refractivity contribution < 1.29 is 31.8 Å². The van der Waals surface area contributed by atoms with Gasteiger partial charge in [0.1, 0.15) is 0 Å². The highest BCUT2D eigenvalue weighted by Gasteiger charge is 2.29. The minimum Gasteiger partial charge on any atom is -0.418 e. The summed E-state index contributed by atoms with van der Waals surface area (Å²) in [7, 11) is 0. The molecule has 2 aromatic carbocycles. The largest absolute Gasteiger partial charge is 0.418 e. The Hall–Kier alpha value is -3.54. The molecule has 1 aliphatic heterocycles. The van der Waals surface area contributed by atoms with E-state index in [9.17, 15) is 27.1 Å². The van der Waals surface area contributed by atoms with Gasteiger partial charge in [0.05, 0.1) is 12.6 Å². The molecule has 3 aromatic rings. The SMILES string of the molecule is CC[C@H](CO)Nc1nc(Oc2c(F)c(F)c(F)c(F)c2F)nc(N2CCCc3ccccc3C2)n1. The van der Waals surface area contributed by atoms with Crippen LogP contribution in [0.15, 0.2) is 24.3 Å². The number of aryl methyl sites for hydroxylation is 1. The highest BCUT2D eigenvalue weighted by molar-refractivity contribution is 5.43. The lowest BCUT2D eigenvalue weighted by Gasteiger charge is -2.22. The maximum Gasteiger partial charge on any atom is 0.328 e. The molecule has 0 bridgehead atoms. The summed E-state index contributed by atoms with van der Waals surface area (Å²) in [6, 6.07) is 6.68. The fourth-order valence-corrected chi connectivity index (χ4v) is 3.69. The molecule has 0 fully saturated rings. The van der Waals surface area contributed by atoms with Crippen molar-refractivity contribution in [2.75, 3.05) is 23.4 Å². The van der Waals surface area contributed by atoms with Crippen molar-refractivity contribution in [3.8, 4) is 11.8 Å². The number of benzene rings is 2. The van der Waals surface area contributed by atoms with Gasteiger partial charge in [0, 0.05) is 13.1 Å². The third-order valence-corrected chi connectivity index (χ3v) is 5.65. The highest BCUT2D eigenvalue weighted by atomic mass is 19.2. The minimum atomic E-state index is -2.30. The molecule has 4 rings (SSSR count). The monoisotopic (exact) mass is 495 g/mol. The number of nitrogens with zero attached hydrogens (tertiary/aromatic N) is 4. The molecule has 2 N–H and O–H groups in total. The molecular formula is C23H22F5N5O2. The van der Waals surface area contributed by atoms with Crippen molar-refractivity contribution in [3.63, 3.8) is 0 Å². The summed E-state index contributed by atoms with van der Waals surface area (Å²) in [5.74, 6) is -12.4. The average Bonchev–Trinajstić information content (AvgIpc) is 3.10. The molecule has 12 heteroatoms. The Morgan fingerprint density at radius 1 is 0.971 bits per heavy atom. The summed E-state index contributed by atoms with van der Waals surface area (Å²) < 4.78 is 74.1. The summed E-state index contributed by atoms with van der Waals surface area (Å²) in [5.41, 5.74) is 2.19. The van der Waals surface area contributed by atoms with Crippen molar-refractivity contribution in [2.45, 2.75) is 38.8 Å². The van der Waals surface area contributed by atoms with Crippen LogP contribution in [0.3, 0.4) is 0 Å². The highest BCUT2D eigenvalue weighted by Crippen LogP contribution is 2.32. The Morgan fingerprint density at radius 3 is 2.29 bits per heavy atom. The van der Waals surface area contributed by atoms with Gasteiger partial charge in [-0.25, -0.2) is 13.2 Å². The topological polar surface area (TPSA) is 83.4 Å². The third kappa shape index (κ3) is 5.11. The predicted octanol–water partition coefficient (Wildman–Crippen LogP) is 4.50. The van der Waals surface area contributed by atoms with Gasteiger partial charge in [0.15, 0.2) is 0 Å². The molecule has 35 heavy (non-hydrogen) atoms. The van der Waals surface area contributed by atoms with E-state index in [1.807, 2.05) is 24.3 Å². The molecule has 0 saturated heterocycles. The number of halogens is 5. The predicted molar refractivity (Wildman–Crippen MR) is 117 cm³/mol. The molecule has 0 saturated carbocycles. The number of aliphatic hydroxyl groups excluding tert-OH is 1. The molecule has 186 valence electrons. The molecule has 1 atom stereocenters. The maximum atomic E-state index is 14.2. The zero-order valence-corrected chi connectivity index (χ0v) is 18.7. The number of nitrogens with one attached hydrogen (secondary N) is 1. The standard InChI is InChI=1S/C23H22F5N5O2/c1-2-14(11-34)29-21-30-22(33-9-5-8-12-6-3-4-7-13(12)10-33)32-23(31-21)35-20-18(27)16(25)15(24)17(26)19(20)28/h3-4,6-7,14,34H,2,5,8-11H2,1H3,(H,29,30,31,32)/t14-/m1/s1. The van der Waals surface area contributed by atoms with Gasteiger partial charge < -0.3 is 20.1 Å². The number of ether oxygens (including phenoxy) is 1. The van der Waals surface area contributed by atoms with Gasteiger partial charge >= 0.3 is 6.01 Å². The number of anilines is 2. The van der Waals surface area contributed by atoms with Crippen LogP contribution in [0.4, 0.5) is 33.8 Å². The summed E-state index contributed by atoms with van der Waals surface area (Å²) in [6.07, 6.45) is 2.06. The Labute approximate surface area is 197 Å². The van der Waals surface area contributed by atoms with Crippen LogP contribution in [-0.4, -0.2) is 39.3 Å². The molecular weight excluding hydrogens is 473 g/mol. The summed E-state index contributed by atoms with van der Waals surface area (Å²) >= 11 is 0. The molecule has 1 aliphatic rings. The first-order valence-electron chi connectivity index (χ1n) is 11.0. The first-order chi connectivity index (χ1) is 16.8. The van der Waals surface area contributed by atoms with E-state index in [-0.39, 0.29) is 18.5 Å². The van der Waals surface area contributed by atoms with Crippen molar-refractivity contribution in [1.29, 1.82) is 0 Å². The van der Waals surface area contributed by atoms with Crippen molar-refractivity contribution >= 4 is 11.9 Å². The quantitative estimate of drug-likeness (QED) is 0.284. The minimum absolute atomic E-state index is 0.0749. The lowest BCUT2D eigenvalue weighted by molar-refractivity contribution is 0.271. The number of aliphatic hydroxyl groups is 1. The van der Waals surface area contributed by atoms with Gasteiger partial charge in [-0.15, -0.1) is 0 Å². The Bertz CT molecular complexity index is 1200. The van der Waals surface area contributed by atoms with E-state index in [0.717, 1.165) is 24.0 Å². The van der Waals surface area contributed by atoms with E-state index >= 15 is 0 Å². The number of hydrogen-bond donors (Lipinski definition) is 2. The van der Waals surface area contributed by atoms with Gasteiger partial charge in [0.2, 0.25) is 46.7 Å². The first-order valence-corrected chi connectivity index (χ1v) is 11.0. The van der Waals surface area contributed by atoms with Crippen LogP contribution in [0.25, 0.3) is 0 Å². The van der Waals surface area contributed by atoms with E-state index < -0.39 is 46.9 Å². The normalized spacial score (nSPS) is 14.3. The summed E-state index contributed by atoms with van der Waals surface area (Å²) in [5, 5.41) is 12.4. The third-order valence-electron chi connectivity index (χ3n) is 5.65. The lowest BCUT2D eigenvalue weighted by Crippen LogP contribution is -2.28. The van der Waals surface area contributed by atoms with Crippen LogP contribution in [0, 0.1) is 29.1 Å². The molecule has 1 aromatic heterocycles. The Balaban J connectivity index is 1.75. The van der Waals surface area contributed by atoms with Gasteiger partial charge in [-0.3, -0.25) is 0 Å². The van der Waals surface area contributed by atoms with E-state index in [1.165, 1.54) is 0 Å². The zero-order valence-electron chi connectivity index (χ0n) is 18.7. The smallest absolute Gasteiger partial charge is 0.328 e. The van der Waals surface area contributed by atoms with E-state index in [0.29, 0.717) is 19.5 Å². The van der Waals surface area contributed by atoms with Crippen LogP contribution >= 0.6 is 0 Å². The average molecular weight is 495 g/mol. The summed E-state index contributed by atoms with van der Waals surface area (Å²) in [4.78, 5) is 14.2. The van der Waals surface area contributed by atoms with Crippen LogP contribution in [0.1, 0.15) is 30.9 Å². The molecule has 2 heterocycles. The number of rotatable bonds is 7. The van der Waals surface area contributed by atoms with Crippen LogP contribution in [0.2, 0.25) is 0 Å². The van der Waals surface area contributed by atoms with Crippen LogP contribution in [0.5, 0.6) is 11.8 Å². The van der Waals surface area contributed by atoms with Gasteiger partial charge in [-0.05, 0) is 30.4 Å². The molecule has 0 radical (unpaired) electrons. The second kappa shape index (κ2) is 10.4. The summed E-state index contributed by atoms with van der Waals surface area (Å²) in [6.45, 7) is 2.48.